The predicted molar refractivity (Wildman–Crippen MR) is 104 cm³/mol. The molecule has 0 fully saturated rings. The van der Waals surface area contributed by atoms with Crippen LogP contribution < -0.4 is 15.4 Å². The fourth-order valence-electron chi connectivity index (χ4n) is 2.57. The van der Waals surface area contributed by atoms with Crippen LogP contribution in [0, 0.1) is 0 Å². The van der Waals surface area contributed by atoms with Crippen molar-refractivity contribution in [1.82, 2.24) is 10.6 Å². The summed E-state index contributed by atoms with van der Waals surface area (Å²) in [6, 6.07) is 14.8. The fraction of sp³-hybridized carbons (Fsp3) is 0.250. The summed E-state index contributed by atoms with van der Waals surface area (Å²) < 4.78 is 10.3. The minimum absolute atomic E-state index is 0.218. The van der Waals surface area contributed by atoms with Crippen LogP contribution in [-0.2, 0) is 13.0 Å². The van der Waals surface area contributed by atoms with Crippen LogP contribution in [0.1, 0.15) is 27.2 Å². The molecule has 7 heteroatoms. The predicted octanol–water partition coefficient (Wildman–Crippen LogP) is 3.47. The molecule has 142 valence electrons. The lowest BCUT2D eigenvalue weighted by molar-refractivity contribution is 0.193. The van der Waals surface area contributed by atoms with E-state index in [1.165, 1.54) is 17.6 Å². The Morgan fingerprint density at radius 3 is 2.70 bits per heavy atom. The molecule has 3 rings (SSSR count). The Labute approximate surface area is 161 Å². The van der Waals surface area contributed by atoms with E-state index >= 15 is 0 Å². The monoisotopic (exact) mass is 386 g/mol. The Kier molecular flexibility index (Phi) is 6.51. The molecule has 1 unspecified atom stereocenters. The Bertz CT molecular complexity index is 843. The number of hydrogen-bond donors (Lipinski definition) is 3. The number of carbonyl (C=O) groups excluding carboxylic acids is 1. The summed E-state index contributed by atoms with van der Waals surface area (Å²) in [6.45, 7) is 0.953. The number of ether oxygens (including phenoxy) is 1. The van der Waals surface area contributed by atoms with Crippen molar-refractivity contribution in [3.05, 3.63) is 75.9 Å². The lowest BCUT2D eigenvalue weighted by Crippen LogP contribution is -2.36. The molecule has 0 aliphatic carbocycles. The molecule has 0 saturated heterocycles. The maximum absolute atomic E-state index is 11.9. The van der Waals surface area contributed by atoms with Gasteiger partial charge in [-0.15, -0.1) is 11.3 Å². The molecule has 6 nitrogen and oxygen atoms in total. The summed E-state index contributed by atoms with van der Waals surface area (Å²) in [6.07, 6.45) is 1.50. The normalized spacial score (nSPS) is 11.8. The third-order valence-corrected chi connectivity index (χ3v) is 5.18. The van der Waals surface area contributed by atoms with E-state index in [0.717, 1.165) is 27.5 Å². The third kappa shape index (κ3) is 5.35. The number of amides is 2. The van der Waals surface area contributed by atoms with E-state index < -0.39 is 6.10 Å². The Balaban J connectivity index is 1.40. The van der Waals surface area contributed by atoms with Gasteiger partial charge in [-0.1, -0.05) is 12.1 Å². The van der Waals surface area contributed by atoms with Gasteiger partial charge in [0.2, 0.25) is 0 Å². The molecule has 2 amide bonds. The van der Waals surface area contributed by atoms with E-state index in [2.05, 4.69) is 10.6 Å². The van der Waals surface area contributed by atoms with Gasteiger partial charge in [0.15, 0.2) is 0 Å². The molecule has 0 aliphatic rings. The van der Waals surface area contributed by atoms with Crippen molar-refractivity contribution in [2.24, 2.45) is 0 Å². The summed E-state index contributed by atoms with van der Waals surface area (Å²) in [4.78, 5) is 13.7. The van der Waals surface area contributed by atoms with Gasteiger partial charge in [-0.05, 0) is 48.4 Å². The smallest absolute Gasteiger partial charge is 0.315 e. The lowest BCUT2D eigenvalue weighted by atomic mass is 10.1. The van der Waals surface area contributed by atoms with Crippen LogP contribution in [0.4, 0.5) is 4.79 Å². The average molecular weight is 386 g/mol. The van der Waals surface area contributed by atoms with Gasteiger partial charge in [0, 0.05) is 16.3 Å². The third-order valence-electron chi connectivity index (χ3n) is 4.05. The zero-order chi connectivity index (χ0) is 19.1. The first-order chi connectivity index (χ1) is 13.2. The number of furan rings is 1. The van der Waals surface area contributed by atoms with Gasteiger partial charge in [-0.3, -0.25) is 0 Å². The molecule has 3 N–H and O–H groups in total. The van der Waals surface area contributed by atoms with E-state index in [-0.39, 0.29) is 6.03 Å². The fourth-order valence-corrected chi connectivity index (χ4v) is 3.51. The Hall–Kier alpha value is -2.77. The summed E-state index contributed by atoms with van der Waals surface area (Å²) in [5.41, 5.74) is 1.13. The molecule has 2 aromatic heterocycles. The van der Waals surface area contributed by atoms with Crippen molar-refractivity contribution in [2.45, 2.75) is 19.1 Å². The molecule has 1 aromatic carbocycles. The second-order valence-corrected chi connectivity index (χ2v) is 7.13. The minimum Gasteiger partial charge on any atom is -0.497 e. The highest BCUT2D eigenvalue weighted by atomic mass is 32.1. The van der Waals surface area contributed by atoms with Gasteiger partial charge in [-0.2, -0.15) is 0 Å². The summed E-state index contributed by atoms with van der Waals surface area (Å²) >= 11 is 1.44. The first-order valence-corrected chi connectivity index (χ1v) is 9.42. The van der Waals surface area contributed by atoms with Gasteiger partial charge in [0.05, 0.1) is 19.9 Å². The number of urea groups is 1. The van der Waals surface area contributed by atoms with Crippen molar-refractivity contribution in [3.8, 4) is 5.75 Å². The SMILES string of the molecule is COc1ccc(CCNC(=O)NCc2ccc(C(O)c3ccco3)s2)cc1. The highest BCUT2D eigenvalue weighted by Crippen LogP contribution is 2.28. The number of methoxy groups -OCH3 is 1. The van der Waals surface area contributed by atoms with Crippen molar-refractivity contribution < 1.29 is 19.1 Å². The topological polar surface area (TPSA) is 83.7 Å². The quantitative estimate of drug-likeness (QED) is 0.553. The van der Waals surface area contributed by atoms with Crippen molar-refractivity contribution >= 4 is 17.4 Å². The highest BCUT2D eigenvalue weighted by Gasteiger charge is 2.15. The molecule has 0 radical (unpaired) electrons. The number of thiophene rings is 1. The molecular weight excluding hydrogens is 364 g/mol. The summed E-state index contributed by atoms with van der Waals surface area (Å²) in [5, 5.41) is 15.9. The molecule has 0 aliphatic heterocycles. The second-order valence-electron chi connectivity index (χ2n) is 5.93. The molecule has 2 heterocycles. The van der Waals surface area contributed by atoms with E-state index in [4.69, 9.17) is 9.15 Å². The number of benzene rings is 1. The molecule has 27 heavy (non-hydrogen) atoms. The maximum atomic E-state index is 11.9. The summed E-state index contributed by atoms with van der Waals surface area (Å²) in [7, 11) is 1.63. The van der Waals surface area contributed by atoms with E-state index in [1.54, 1.807) is 19.2 Å². The largest absolute Gasteiger partial charge is 0.497 e. The lowest BCUT2D eigenvalue weighted by Gasteiger charge is -2.07. The minimum atomic E-state index is -0.780. The van der Waals surface area contributed by atoms with Crippen LogP contribution in [0.25, 0.3) is 0 Å². The maximum Gasteiger partial charge on any atom is 0.315 e. The average Bonchev–Trinajstić information content (AvgIpc) is 3.38. The van der Waals surface area contributed by atoms with Crippen LogP contribution in [0.3, 0.4) is 0 Å². The Morgan fingerprint density at radius 1 is 1.19 bits per heavy atom. The first-order valence-electron chi connectivity index (χ1n) is 8.60. The second kappa shape index (κ2) is 9.25. The van der Waals surface area contributed by atoms with Crippen LogP contribution in [0.5, 0.6) is 5.75 Å². The van der Waals surface area contributed by atoms with Crippen molar-refractivity contribution in [1.29, 1.82) is 0 Å². The van der Waals surface area contributed by atoms with Crippen molar-refractivity contribution in [3.63, 3.8) is 0 Å². The molecule has 0 saturated carbocycles. The van der Waals surface area contributed by atoms with Gasteiger partial charge < -0.3 is 24.9 Å². The Morgan fingerprint density at radius 2 is 2.00 bits per heavy atom. The van der Waals surface area contributed by atoms with Crippen LogP contribution in [0.15, 0.2) is 59.2 Å². The number of aliphatic hydroxyl groups is 1. The zero-order valence-corrected chi connectivity index (χ0v) is 15.8. The van der Waals surface area contributed by atoms with E-state index in [9.17, 15) is 9.90 Å². The highest BCUT2D eigenvalue weighted by molar-refractivity contribution is 7.12. The summed E-state index contributed by atoms with van der Waals surface area (Å²) in [5.74, 6) is 1.32. The van der Waals surface area contributed by atoms with Gasteiger partial charge in [0.1, 0.15) is 17.6 Å². The number of carbonyl (C=O) groups is 1. The molecule has 1 atom stereocenters. The van der Waals surface area contributed by atoms with Gasteiger partial charge in [0.25, 0.3) is 0 Å². The number of nitrogens with one attached hydrogen (secondary N) is 2. The standard InChI is InChI=1S/C20H22N2O4S/c1-25-15-6-4-14(5-7-15)10-11-21-20(24)22-13-16-8-9-18(27-16)19(23)17-3-2-12-26-17/h2-9,12,19,23H,10-11,13H2,1H3,(H2,21,22,24). The number of hydrogen-bond acceptors (Lipinski definition) is 5. The number of aliphatic hydroxyl groups excluding tert-OH is 1. The van der Waals surface area contributed by atoms with Crippen LogP contribution in [-0.4, -0.2) is 24.8 Å². The number of rotatable bonds is 8. The van der Waals surface area contributed by atoms with Gasteiger partial charge in [-0.25, -0.2) is 4.79 Å². The first kappa shape index (κ1) is 19.0. The molecule has 3 aromatic rings. The molecule has 0 spiro atoms. The van der Waals surface area contributed by atoms with Crippen molar-refractivity contribution in [2.75, 3.05) is 13.7 Å². The van der Waals surface area contributed by atoms with Gasteiger partial charge >= 0.3 is 6.03 Å². The van der Waals surface area contributed by atoms with Crippen LogP contribution in [0.2, 0.25) is 0 Å². The molecular formula is C20H22N2O4S. The van der Waals surface area contributed by atoms with E-state index in [0.29, 0.717) is 18.8 Å². The molecule has 0 bridgehead atoms. The van der Waals surface area contributed by atoms with Crippen LogP contribution >= 0.6 is 11.3 Å². The zero-order valence-electron chi connectivity index (χ0n) is 15.0. The van der Waals surface area contributed by atoms with E-state index in [1.807, 2.05) is 36.4 Å².